The van der Waals surface area contributed by atoms with E-state index in [0.717, 1.165) is 128 Å². The Labute approximate surface area is 816 Å². The molecular weight excluding hydrogens is 1840 g/mol. The number of carboxylic acid groups (broad SMARTS) is 1. The number of carboxylic acids is 1. The van der Waals surface area contributed by atoms with Gasteiger partial charge in [-0.2, -0.15) is 13.2 Å². The van der Waals surface area contributed by atoms with Crippen LogP contribution in [-0.2, 0) is 91.4 Å². The van der Waals surface area contributed by atoms with Gasteiger partial charge in [0.25, 0.3) is 11.8 Å². The van der Waals surface area contributed by atoms with Crippen LogP contribution in [0.1, 0.15) is 185 Å². The standard InChI is InChI=1S/C21H34N4O6.C19H35N3O4.C17H31N3O4.C8H15NO2.C6H5Cl.C6H13NO.C5H9NO.2CH2Cl2.CHF3O3S.Na.H2O/c1-4-17(26)22(3)12-14-24(18(27)5-2)15-13-23-10-8-16(9-11-23)21(30)31-25-19(28)6-7-20(25)29;1-5-17(23)20(4)12-14-22(18(24)6-2)15-13-21-10-8-16(9-11-21)19(25)26-7-3;1-4-15(21)18(3)10-12-20(16(22)5-2)13-11-19-8-6-14(7-9-19)17(23)24;1-2-11-8(10)7-3-5-9-6-4-7;7-6-4-2-1-3-5-6;1-3-6-7(2)4-5-8-6;1-2-5-6-3-4-7-5;2*2-1-3;2-1(3,4)8(5,6)7;;/h16H,4-15H2,1-3H3;16H,5-15H2,1-4H3;14H,4-13H2,1-3H3,(H,23,24);7,9H,2-6H2,1H3;1-5H;6H,3-5H2,1-2H3;2-4H2,1H3;2*1H2;(H,5,6,7);;1H2/q;;;;;;;;;;+1;/p-2. The van der Waals surface area contributed by atoms with Crippen molar-refractivity contribution in [3.63, 3.8) is 0 Å². The van der Waals surface area contributed by atoms with Crippen LogP contribution < -0.4 is 34.9 Å². The van der Waals surface area contributed by atoms with Gasteiger partial charge in [-0.15, -0.1) is 51.5 Å². The molecule has 6 fully saturated rings. The molecule has 0 saturated carbocycles. The third kappa shape index (κ3) is 58.6. The van der Waals surface area contributed by atoms with Gasteiger partial charge in [0, 0.05) is 169 Å². The van der Waals surface area contributed by atoms with E-state index in [4.69, 9.17) is 99.9 Å². The zero-order valence-corrected chi connectivity index (χ0v) is 85.8. The Morgan fingerprint density at radius 3 is 1.11 bits per heavy atom. The fourth-order valence-electron chi connectivity index (χ4n) is 13.2. The van der Waals surface area contributed by atoms with E-state index >= 15 is 0 Å². The molecule has 1 aromatic carbocycles. The number of amides is 8. The Morgan fingerprint density at radius 2 is 0.862 bits per heavy atom. The van der Waals surface area contributed by atoms with Gasteiger partial charge in [-0.3, -0.25) is 62.6 Å². The number of halogens is 8. The van der Waals surface area contributed by atoms with E-state index in [-0.39, 0.29) is 130 Å². The summed E-state index contributed by atoms with van der Waals surface area (Å²) in [7, 11) is 1.29. The Hall–Kier alpha value is -5.60. The number of nitrogens with zero attached hydrogens (tertiary/aromatic N) is 12. The molecule has 1 atom stereocenters. The van der Waals surface area contributed by atoms with E-state index in [1.54, 1.807) is 40.7 Å². The van der Waals surface area contributed by atoms with Crippen LogP contribution in [0.25, 0.3) is 0 Å². The van der Waals surface area contributed by atoms with Crippen molar-refractivity contribution >= 4 is 145 Å². The van der Waals surface area contributed by atoms with E-state index < -0.39 is 39.4 Å². The molecule has 7 heterocycles. The number of hydrogen-bond donors (Lipinski definition) is 2. The van der Waals surface area contributed by atoms with Crippen LogP contribution in [0.15, 0.2) is 35.3 Å². The first kappa shape index (κ1) is 131. The number of likely N-dealkylation sites (tertiary alicyclic amines) is 3. The SMILES string of the molecule is CCC(=O)N(C)CCN(CCN1CCC(C(=O)O)CC1)C(=O)CC.CCC(=O)N(C)CCN(CCN1CCC(C(=O)ON2C(=O)CCC2=O)CC1)C(=O)CC.CCC1=NCCO1.CCC1OCCN1C.CCOC(=O)C1CCN(CCN(CCN(C)C(=O)CC)C(=O)CC)CC1.CCOC(=O)C1CCNCC1.ClCCl.ClCCl.Clc1ccccc1.O=S(=O)([O-])C(F)(F)F.[Na+].[OH-]. The first-order chi connectivity index (χ1) is 60.7. The number of piperidine rings is 4. The number of likely N-dealkylation sites (N-methyl/N-ethyl adjacent to an activating group) is 4. The van der Waals surface area contributed by atoms with E-state index in [1.807, 2.05) is 102 Å². The summed E-state index contributed by atoms with van der Waals surface area (Å²) in [5, 5.41) is 14.0. The molecular formula is C85H147Cl5F3N13NaO22S-. The summed E-state index contributed by atoms with van der Waals surface area (Å²) < 4.78 is 79.3. The Balaban J connectivity index is -0.000000731. The summed E-state index contributed by atoms with van der Waals surface area (Å²) in [4.78, 5) is 169. The predicted octanol–water partition coefficient (Wildman–Crippen LogP) is 6.79. The van der Waals surface area contributed by atoms with Gasteiger partial charge in [-0.25, -0.2) is 13.2 Å². The van der Waals surface area contributed by atoms with E-state index in [1.165, 1.54) is 0 Å². The average Bonchev–Trinajstić information content (AvgIpc) is 1.73. The van der Waals surface area contributed by atoms with Crippen LogP contribution in [-0.4, -0.2) is 376 Å². The first-order valence-corrected chi connectivity index (χ1v) is 48.1. The molecule has 8 rings (SSSR count). The molecule has 7 aliphatic heterocycles. The van der Waals surface area contributed by atoms with Crippen molar-refractivity contribution in [3.8, 4) is 0 Å². The largest absolute Gasteiger partial charge is 1.00 e. The van der Waals surface area contributed by atoms with Crippen molar-refractivity contribution in [3.05, 3.63) is 35.4 Å². The van der Waals surface area contributed by atoms with Crippen molar-refractivity contribution in [1.29, 1.82) is 0 Å². The molecule has 0 aromatic heterocycles. The van der Waals surface area contributed by atoms with Crippen LogP contribution in [0.2, 0.25) is 5.02 Å². The molecule has 6 saturated heterocycles. The second kappa shape index (κ2) is 77.6. The Kier molecular flexibility index (Phi) is 78.0. The molecule has 130 heavy (non-hydrogen) atoms. The molecule has 0 radical (unpaired) electrons. The molecule has 45 heteroatoms. The number of hydroxylamine groups is 2. The molecule has 0 bridgehead atoms. The minimum Gasteiger partial charge on any atom is -0.870 e. The van der Waals surface area contributed by atoms with Crippen LogP contribution in [0.4, 0.5) is 13.2 Å². The van der Waals surface area contributed by atoms with Crippen molar-refractivity contribution in [2.75, 3.05) is 209 Å². The Bertz CT molecular complexity index is 3460. The number of imide groups is 1. The topological polar surface area (TPSA) is 418 Å². The van der Waals surface area contributed by atoms with Gasteiger partial charge < -0.3 is 88.3 Å². The van der Waals surface area contributed by atoms with E-state index in [9.17, 15) is 70.7 Å². The van der Waals surface area contributed by atoms with E-state index in [2.05, 4.69) is 43.9 Å². The average molecular weight is 1990 g/mol. The molecule has 7 aliphatic rings. The molecule has 0 spiro atoms. The number of esters is 2. The summed E-state index contributed by atoms with van der Waals surface area (Å²) in [5.74, 6) is -1.31. The first-order valence-electron chi connectivity index (χ1n) is 44.2. The number of aliphatic imine (C=N–C) groups is 1. The molecule has 0 aliphatic carbocycles. The van der Waals surface area contributed by atoms with Gasteiger partial charge >= 0.3 is 58.9 Å². The van der Waals surface area contributed by atoms with Crippen molar-refractivity contribution in [2.24, 2.45) is 28.7 Å². The number of carbonyl (C=O) groups is 12. The monoisotopic (exact) mass is 1990 g/mol. The Morgan fingerprint density at radius 1 is 0.531 bits per heavy atom. The van der Waals surface area contributed by atoms with Crippen LogP contribution in [0.3, 0.4) is 0 Å². The van der Waals surface area contributed by atoms with Crippen LogP contribution >= 0.6 is 58.0 Å². The number of hydrogen-bond acceptors (Lipinski definition) is 27. The third-order valence-electron chi connectivity index (χ3n) is 21.1. The van der Waals surface area contributed by atoms with Crippen LogP contribution in [0, 0.1) is 23.7 Å². The zero-order chi connectivity index (χ0) is 97.3. The summed E-state index contributed by atoms with van der Waals surface area (Å²) in [5.41, 5.74) is -5.65. The number of aliphatic carboxylic acids is 1. The zero-order valence-electron chi connectivity index (χ0n) is 79.2. The fraction of sp³-hybridized carbons (Fsp3) is 0.776. The van der Waals surface area contributed by atoms with Crippen LogP contribution in [0.5, 0.6) is 0 Å². The predicted molar refractivity (Wildman–Crippen MR) is 489 cm³/mol. The minimum atomic E-state index is -6.09. The normalized spacial score (nSPS) is 16.5. The number of carbonyl (C=O) groups excluding carboxylic acids is 11. The number of nitrogens with one attached hydrogen (secondary N) is 1. The smallest absolute Gasteiger partial charge is 0.870 e. The summed E-state index contributed by atoms with van der Waals surface area (Å²) >= 11 is 24.6. The van der Waals surface area contributed by atoms with Gasteiger partial charge in [-0.1, -0.05) is 85.2 Å². The summed E-state index contributed by atoms with van der Waals surface area (Å²) in [6.07, 6.45) is 11.3. The van der Waals surface area contributed by atoms with Gasteiger partial charge in [0.1, 0.15) is 12.8 Å². The molecule has 35 nitrogen and oxygen atoms in total. The van der Waals surface area contributed by atoms with Gasteiger partial charge in [0.15, 0.2) is 16.0 Å². The maximum atomic E-state index is 12.3. The molecule has 1 aromatic rings. The number of alkyl halides is 7. The minimum absolute atomic E-state index is 0. The number of rotatable bonds is 33. The summed E-state index contributed by atoms with van der Waals surface area (Å²) in [6, 6.07) is 9.44. The van der Waals surface area contributed by atoms with E-state index in [0.29, 0.717) is 167 Å². The fourth-order valence-corrected chi connectivity index (χ4v) is 13.3. The molecule has 3 N–H and O–H groups in total. The van der Waals surface area contributed by atoms with Crippen molar-refractivity contribution in [2.45, 2.75) is 197 Å². The number of benzene rings is 1. The van der Waals surface area contributed by atoms with Gasteiger partial charge in [0.05, 0.1) is 60.7 Å². The number of ether oxygens (including phenoxy) is 4. The quantitative estimate of drug-likeness (QED) is 0.0182. The molecule has 8 amide bonds. The third-order valence-corrected chi connectivity index (χ3v) is 21.9. The molecule has 748 valence electrons. The van der Waals surface area contributed by atoms with Crippen molar-refractivity contribution in [1.82, 2.24) is 59.4 Å². The second-order valence-electron chi connectivity index (χ2n) is 30.0. The van der Waals surface area contributed by atoms with Crippen molar-refractivity contribution < 1.29 is 148 Å². The summed E-state index contributed by atoms with van der Waals surface area (Å²) in [6.45, 7) is 37.2. The second-order valence-corrected chi connectivity index (χ2v) is 33.4. The maximum absolute atomic E-state index is 12.3. The maximum Gasteiger partial charge on any atom is 1.00 e. The van der Waals surface area contributed by atoms with Gasteiger partial charge in [0.2, 0.25) is 35.4 Å². The molecule has 1 unspecified atom stereocenters. The van der Waals surface area contributed by atoms with Gasteiger partial charge in [-0.05, 0) is 143 Å².